The van der Waals surface area contributed by atoms with Gasteiger partial charge in [0.1, 0.15) is 0 Å². The lowest BCUT2D eigenvalue weighted by Gasteiger charge is -2.28. The van der Waals surface area contributed by atoms with Crippen LogP contribution in [0.15, 0.2) is 46.6 Å². The Kier molecular flexibility index (Phi) is 5.06. The molecule has 1 saturated heterocycles. The van der Waals surface area contributed by atoms with Crippen molar-refractivity contribution >= 4 is 40.0 Å². The molecule has 0 atom stereocenters. The molecule has 8 nitrogen and oxygen atoms in total. The number of azo groups is 1. The highest BCUT2D eigenvalue weighted by molar-refractivity contribution is 8.00. The van der Waals surface area contributed by atoms with Crippen molar-refractivity contribution in [2.45, 2.75) is 6.04 Å². The van der Waals surface area contributed by atoms with Crippen LogP contribution in [-0.4, -0.2) is 46.5 Å². The largest absolute Gasteiger partial charge is 0.493 e. The Morgan fingerprint density at radius 3 is 2.31 bits per heavy atom. The molecule has 2 heterocycles. The van der Waals surface area contributed by atoms with Crippen molar-refractivity contribution in [2.24, 2.45) is 10.2 Å². The summed E-state index contributed by atoms with van der Waals surface area (Å²) < 4.78 is 12.7. The molecule has 0 spiro atoms. The van der Waals surface area contributed by atoms with Gasteiger partial charge in [-0.05, 0) is 30.3 Å². The molecule has 29 heavy (non-hydrogen) atoms. The minimum Gasteiger partial charge on any atom is -0.493 e. The molecule has 1 aliphatic heterocycles. The zero-order valence-corrected chi connectivity index (χ0v) is 16.6. The first-order valence-corrected chi connectivity index (χ1v) is 10.0. The van der Waals surface area contributed by atoms with Gasteiger partial charge in [-0.25, -0.2) is 4.79 Å². The molecule has 1 aliphatic rings. The Bertz CT molecular complexity index is 1100. The fraction of sp³-hybridized carbons (Fsp3) is 0.250. The molecule has 1 aromatic heterocycles. The highest BCUT2D eigenvalue weighted by Gasteiger charge is 2.28. The third kappa shape index (κ3) is 3.38. The predicted molar refractivity (Wildman–Crippen MR) is 111 cm³/mol. The lowest BCUT2D eigenvalue weighted by atomic mass is 10.2. The van der Waals surface area contributed by atoms with Gasteiger partial charge in [0.25, 0.3) is 0 Å². The molecular weight excluding hydrogens is 394 g/mol. The first-order chi connectivity index (χ1) is 14.0. The van der Waals surface area contributed by atoms with Crippen molar-refractivity contribution in [3.05, 3.63) is 42.0 Å². The Labute approximate surface area is 170 Å². The van der Waals surface area contributed by atoms with Crippen molar-refractivity contribution < 1.29 is 24.5 Å². The van der Waals surface area contributed by atoms with E-state index in [1.165, 1.54) is 12.1 Å². The number of hydrogen-bond acceptors (Lipinski definition) is 7. The maximum Gasteiger partial charge on any atom is 0.335 e. The van der Waals surface area contributed by atoms with Crippen LogP contribution in [-0.2, 0) is 0 Å². The second-order valence-corrected chi connectivity index (χ2v) is 7.58. The number of aromatic hydroxyl groups is 1. The minimum atomic E-state index is -1.01. The molecule has 3 aromatic rings. The van der Waals surface area contributed by atoms with Crippen LogP contribution in [0.3, 0.4) is 0 Å². The second-order valence-electron chi connectivity index (χ2n) is 6.51. The lowest BCUT2D eigenvalue weighted by Crippen LogP contribution is -2.22. The lowest BCUT2D eigenvalue weighted by molar-refractivity contribution is 0.0697. The first kappa shape index (κ1) is 19.1. The van der Waals surface area contributed by atoms with Gasteiger partial charge in [-0.2, -0.15) is 16.9 Å². The Hall–Kier alpha value is -3.20. The number of ether oxygens (including phenoxy) is 2. The number of nitrogens with zero attached hydrogens (tertiary/aromatic N) is 3. The Balaban J connectivity index is 1.82. The molecule has 0 aliphatic carbocycles. The third-order valence-corrected chi connectivity index (χ3v) is 6.06. The minimum absolute atomic E-state index is 0.0338. The number of hydrogen-bond donors (Lipinski definition) is 2. The third-order valence-electron chi connectivity index (χ3n) is 4.82. The van der Waals surface area contributed by atoms with E-state index in [-0.39, 0.29) is 17.5 Å². The van der Waals surface area contributed by atoms with Crippen LogP contribution >= 0.6 is 11.8 Å². The number of rotatable bonds is 6. The van der Waals surface area contributed by atoms with E-state index in [0.29, 0.717) is 28.3 Å². The van der Waals surface area contributed by atoms with Crippen molar-refractivity contribution in [2.75, 3.05) is 25.7 Å². The molecular formula is C20H19N3O5S. The molecule has 0 radical (unpaired) electrons. The monoisotopic (exact) mass is 413 g/mol. The maximum atomic E-state index is 11.0. The molecule has 9 heteroatoms. The highest BCUT2D eigenvalue weighted by Crippen LogP contribution is 2.47. The number of thioether (sulfide) groups is 1. The van der Waals surface area contributed by atoms with Gasteiger partial charge in [0.2, 0.25) is 5.88 Å². The average Bonchev–Trinajstić information content (AvgIpc) is 2.95. The summed E-state index contributed by atoms with van der Waals surface area (Å²) in [4.78, 5) is 11.0. The molecule has 1 fully saturated rings. The van der Waals surface area contributed by atoms with E-state index in [0.717, 1.165) is 17.0 Å². The Morgan fingerprint density at radius 1 is 1.10 bits per heavy atom. The van der Waals surface area contributed by atoms with Gasteiger partial charge < -0.3 is 24.3 Å². The Morgan fingerprint density at radius 2 is 1.76 bits per heavy atom. The number of aromatic carboxylic acids is 1. The van der Waals surface area contributed by atoms with E-state index in [1.807, 2.05) is 22.4 Å². The molecule has 2 aromatic carbocycles. The van der Waals surface area contributed by atoms with Gasteiger partial charge in [0.15, 0.2) is 17.2 Å². The van der Waals surface area contributed by atoms with Crippen molar-refractivity contribution in [3.8, 4) is 17.4 Å². The highest BCUT2D eigenvalue weighted by atomic mass is 32.2. The molecule has 0 saturated carbocycles. The SMILES string of the molecule is COc1cc2c(N=Nc3ccc(C(=O)O)cc3)c(O)n(C3CSC3)c2cc1OC. The summed E-state index contributed by atoms with van der Waals surface area (Å²) in [6.45, 7) is 0. The van der Waals surface area contributed by atoms with Gasteiger partial charge in [-0.15, -0.1) is 5.11 Å². The zero-order chi connectivity index (χ0) is 20.5. The van der Waals surface area contributed by atoms with E-state index in [2.05, 4.69) is 10.2 Å². The van der Waals surface area contributed by atoms with Gasteiger partial charge in [-0.3, -0.25) is 0 Å². The normalized spacial score (nSPS) is 14.3. The number of carboxylic acid groups (broad SMARTS) is 1. The summed E-state index contributed by atoms with van der Waals surface area (Å²) in [7, 11) is 3.12. The van der Waals surface area contributed by atoms with E-state index >= 15 is 0 Å². The summed E-state index contributed by atoms with van der Waals surface area (Å²) in [6.07, 6.45) is 0. The zero-order valence-electron chi connectivity index (χ0n) is 15.8. The van der Waals surface area contributed by atoms with Crippen molar-refractivity contribution in [1.82, 2.24) is 4.57 Å². The number of carboxylic acids is 1. The standard InChI is InChI=1S/C20H19N3O5S/c1-27-16-7-14-15(8-17(16)28-2)23(13-9-29-10-13)19(24)18(14)22-21-12-5-3-11(4-6-12)20(25)26/h3-8,13,24H,9-10H2,1-2H3,(H,25,26). The first-order valence-electron chi connectivity index (χ1n) is 8.85. The van der Waals surface area contributed by atoms with Gasteiger partial charge in [0.05, 0.1) is 37.0 Å². The summed E-state index contributed by atoms with van der Waals surface area (Å²) in [5, 5.41) is 29.1. The number of aromatic nitrogens is 1. The van der Waals surface area contributed by atoms with Crippen LogP contribution < -0.4 is 9.47 Å². The predicted octanol–water partition coefficient (Wildman–Crippen LogP) is 4.77. The molecule has 0 unspecified atom stereocenters. The van der Waals surface area contributed by atoms with E-state index in [9.17, 15) is 9.90 Å². The fourth-order valence-corrected chi connectivity index (χ4v) is 3.97. The van der Waals surface area contributed by atoms with Crippen LogP contribution in [0.25, 0.3) is 10.9 Å². The van der Waals surface area contributed by atoms with E-state index in [1.54, 1.807) is 32.4 Å². The maximum absolute atomic E-state index is 11.0. The quantitative estimate of drug-likeness (QED) is 0.564. The number of carbonyl (C=O) groups is 1. The van der Waals surface area contributed by atoms with Crippen LogP contribution in [0.2, 0.25) is 0 Å². The molecule has 0 bridgehead atoms. The van der Waals surface area contributed by atoms with E-state index < -0.39 is 5.97 Å². The summed E-state index contributed by atoms with van der Waals surface area (Å²) >= 11 is 1.81. The van der Waals surface area contributed by atoms with Crippen LogP contribution in [0, 0.1) is 0 Å². The van der Waals surface area contributed by atoms with Gasteiger partial charge in [0, 0.05) is 23.0 Å². The van der Waals surface area contributed by atoms with Crippen molar-refractivity contribution in [1.29, 1.82) is 0 Å². The average molecular weight is 413 g/mol. The van der Waals surface area contributed by atoms with Gasteiger partial charge in [-0.1, -0.05) is 0 Å². The van der Waals surface area contributed by atoms with Crippen LogP contribution in [0.1, 0.15) is 16.4 Å². The van der Waals surface area contributed by atoms with Crippen molar-refractivity contribution in [3.63, 3.8) is 0 Å². The molecule has 150 valence electrons. The number of benzene rings is 2. The van der Waals surface area contributed by atoms with Gasteiger partial charge >= 0.3 is 5.97 Å². The topological polar surface area (TPSA) is 106 Å². The number of methoxy groups -OCH3 is 2. The fourth-order valence-electron chi connectivity index (χ4n) is 3.22. The molecule has 0 amide bonds. The summed E-state index contributed by atoms with van der Waals surface area (Å²) in [5.74, 6) is 1.93. The van der Waals surface area contributed by atoms with Crippen LogP contribution in [0.5, 0.6) is 17.4 Å². The van der Waals surface area contributed by atoms with Crippen LogP contribution in [0.4, 0.5) is 11.4 Å². The molecule has 2 N–H and O–H groups in total. The summed E-state index contributed by atoms with van der Waals surface area (Å²) in [6, 6.07) is 9.82. The number of fused-ring (bicyclic) bond motifs is 1. The molecule has 4 rings (SSSR count). The smallest absolute Gasteiger partial charge is 0.335 e. The summed E-state index contributed by atoms with van der Waals surface area (Å²) in [5.41, 5.74) is 1.78. The second kappa shape index (κ2) is 7.67. The van der Waals surface area contributed by atoms with E-state index in [4.69, 9.17) is 14.6 Å².